The molecule has 1 aromatic carbocycles. The molecule has 212 valence electrons. The summed E-state index contributed by atoms with van der Waals surface area (Å²) in [6, 6.07) is 6.51. The second kappa shape index (κ2) is 12.3. The maximum atomic E-state index is 13.1. The number of carbonyl (C=O) groups is 1. The number of carboxylic acid groups (broad SMARTS) is 1. The van der Waals surface area contributed by atoms with Crippen molar-refractivity contribution in [2.75, 3.05) is 17.9 Å². The van der Waals surface area contributed by atoms with Crippen molar-refractivity contribution in [1.29, 1.82) is 0 Å². The fourth-order valence-electron chi connectivity index (χ4n) is 4.87. The van der Waals surface area contributed by atoms with E-state index in [0.29, 0.717) is 30.2 Å². The number of oxazole rings is 1. The lowest BCUT2D eigenvalue weighted by molar-refractivity contribution is -0.143. The molecule has 1 aliphatic rings. The van der Waals surface area contributed by atoms with E-state index in [0.717, 1.165) is 34.5 Å². The van der Waals surface area contributed by atoms with Crippen molar-refractivity contribution >= 4 is 25.8 Å². The highest BCUT2D eigenvalue weighted by molar-refractivity contribution is 8.06. The number of sulfone groups is 1. The maximum absolute atomic E-state index is 13.1. The van der Waals surface area contributed by atoms with Crippen molar-refractivity contribution in [3.63, 3.8) is 0 Å². The van der Waals surface area contributed by atoms with Crippen molar-refractivity contribution in [2.24, 2.45) is 11.8 Å². The third-order valence-corrected chi connectivity index (χ3v) is 10.7. The second-order valence-corrected chi connectivity index (χ2v) is 15.0. The van der Waals surface area contributed by atoms with Crippen LogP contribution in [0.15, 0.2) is 28.7 Å². The van der Waals surface area contributed by atoms with Gasteiger partial charge in [0, 0.05) is 18.4 Å². The fraction of sp³-hybridized carbons (Fsp3) is 0.615. The van der Waals surface area contributed by atoms with Gasteiger partial charge < -0.3 is 14.3 Å². The summed E-state index contributed by atoms with van der Waals surface area (Å²) in [5.41, 5.74) is 2.69. The number of carboxylic acids is 1. The first-order valence-electron chi connectivity index (χ1n) is 12.7. The number of aromatic nitrogens is 1. The minimum absolute atomic E-state index is 0.0760. The summed E-state index contributed by atoms with van der Waals surface area (Å²) >= 11 is 0. The van der Waals surface area contributed by atoms with Gasteiger partial charge in [-0.1, -0.05) is 38.0 Å². The zero-order valence-electron chi connectivity index (χ0n) is 22.6. The smallest absolute Gasteiger partial charge is 0.322 e. The third-order valence-electron chi connectivity index (χ3n) is 6.73. The van der Waals surface area contributed by atoms with Gasteiger partial charge in [-0.25, -0.2) is 21.8 Å². The van der Waals surface area contributed by atoms with Gasteiger partial charge in [0.2, 0.25) is 15.9 Å². The molecule has 1 heterocycles. The number of rotatable bonds is 12. The lowest BCUT2D eigenvalue weighted by Gasteiger charge is -2.36. The molecule has 2 aromatic rings. The van der Waals surface area contributed by atoms with Gasteiger partial charge in [0.15, 0.2) is 14.9 Å². The Morgan fingerprint density at radius 1 is 1.16 bits per heavy atom. The van der Waals surface area contributed by atoms with E-state index in [1.54, 1.807) is 13.8 Å². The minimum atomic E-state index is -4.37. The zero-order chi connectivity index (χ0) is 28.3. The normalized spacial score (nSPS) is 19.7. The Labute approximate surface area is 225 Å². The van der Waals surface area contributed by atoms with Crippen LogP contribution in [0.1, 0.15) is 56.5 Å². The van der Waals surface area contributed by atoms with Crippen LogP contribution in [-0.4, -0.2) is 67.2 Å². The SMILES string of the molecule is Cc1ccc(-c2nc(CO[C@@H]3CCC[C@H](CN([C@H](C(=O)O)C(C)C)S(=O)(=O)CS(C)(=O)=O)C3)c(C)o2)cc1. The van der Waals surface area contributed by atoms with Crippen molar-refractivity contribution in [3.05, 3.63) is 41.3 Å². The first kappa shape index (κ1) is 30.3. The summed E-state index contributed by atoms with van der Waals surface area (Å²) in [7, 11) is -8.26. The molecule has 1 N–H and O–H groups in total. The second-order valence-electron chi connectivity index (χ2n) is 10.6. The molecule has 0 saturated heterocycles. The summed E-state index contributed by atoms with van der Waals surface area (Å²) in [5, 5.41) is 8.67. The molecule has 10 nitrogen and oxygen atoms in total. The first-order valence-corrected chi connectivity index (χ1v) is 16.4. The number of nitrogens with zero attached hydrogens (tertiary/aromatic N) is 2. The van der Waals surface area contributed by atoms with Gasteiger partial charge in [-0.05, 0) is 57.1 Å². The molecule has 0 unspecified atom stereocenters. The van der Waals surface area contributed by atoms with Crippen LogP contribution in [0.5, 0.6) is 0 Å². The van der Waals surface area contributed by atoms with E-state index in [1.165, 1.54) is 0 Å². The topological polar surface area (TPSA) is 144 Å². The Balaban J connectivity index is 1.71. The molecule has 1 aromatic heterocycles. The lowest BCUT2D eigenvalue weighted by atomic mass is 9.86. The molecule has 0 spiro atoms. The summed E-state index contributed by atoms with van der Waals surface area (Å²) in [4.78, 5) is 16.6. The van der Waals surface area contributed by atoms with E-state index in [2.05, 4.69) is 4.98 Å². The number of ether oxygens (including phenoxy) is 1. The van der Waals surface area contributed by atoms with Gasteiger partial charge in [0.1, 0.15) is 17.5 Å². The molecule has 0 bridgehead atoms. The van der Waals surface area contributed by atoms with Gasteiger partial charge in [0.05, 0.1) is 12.7 Å². The summed E-state index contributed by atoms with van der Waals surface area (Å²) in [6.07, 6.45) is 3.43. The predicted octanol–water partition coefficient (Wildman–Crippen LogP) is 3.78. The van der Waals surface area contributed by atoms with Crippen LogP contribution in [0.25, 0.3) is 11.5 Å². The summed E-state index contributed by atoms with van der Waals surface area (Å²) in [6.45, 7) is 7.22. The van der Waals surface area contributed by atoms with Crippen LogP contribution < -0.4 is 0 Å². The van der Waals surface area contributed by atoms with Crippen molar-refractivity contribution < 1.29 is 35.9 Å². The van der Waals surface area contributed by atoms with E-state index in [9.17, 15) is 26.7 Å². The molecule has 3 atom stereocenters. The molecule has 1 fully saturated rings. The molecule has 1 aliphatic carbocycles. The van der Waals surface area contributed by atoms with E-state index in [-0.39, 0.29) is 25.2 Å². The van der Waals surface area contributed by atoms with Crippen LogP contribution >= 0.6 is 0 Å². The predicted molar refractivity (Wildman–Crippen MR) is 144 cm³/mol. The van der Waals surface area contributed by atoms with Crippen molar-refractivity contribution in [1.82, 2.24) is 9.29 Å². The highest BCUT2D eigenvalue weighted by Gasteiger charge is 2.40. The molecule has 0 radical (unpaired) electrons. The highest BCUT2D eigenvalue weighted by Crippen LogP contribution is 2.31. The van der Waals surface area contributed by atoms with Gasteiger partial charge in [-0.3, -0.25) is 4.79 Å². The number of hydrogen-bond acceptors (Lipinski definition) is 8. The summed E-state index contributed by atoms with van der Waals surface area (Å²) in [5.74, 6) is -0.845. The number of hydrogen-bond donors (Lipinski definition) is 1. The first-order chi connectivity index (χ1) is 17.7. The number of aliphatic carboxylic acids is 1. The monoisotopic (exact) mass is 570 g/mol. The number of benzene rings is 1. The quantitative estimate of drug-likeness (QED) is 0.403. The Bertz CT molecular complexity index is 1320. The molecular weight excluding hydrogens is 532 g/mol. The Kier molecular flexibility index (Phi) is 9.77. The van der Waals surface area contributed by atoms with Crippen LogP contribution in [0.4, 0.5) is 0 Å². The largest absolute Gasteiger partial charge is 0.480 e. The maximum Gasteiger partial charge on any atom is 0.322 e. The minimum Gasteiger partial charge on any atom is -0.480 e. The lowest BCUT2D eigenvalue weighted by Crippen LogP contribution is -2.51. The average Bonchev–Trinajstić information content (AvgIpc) is 3.16. The standard InChI is InChI=1S/C26H38N2O8S2/c1-17(2)24(26(29)30)28(38(33,34)16-37(5,31)32)14-20-7-6-8-22(13-20)35-15-23-19(4)36-25(27-23)21-11-9-18(3)10-12-21/h9-12,17,20,22,24H,6-8,13-16H2,1-5H3,(H,29,30)/t20-,22+,24-/m0/s1. The molecule has 3 rings (SSSR count). The van der Waals surface area contributed by atoms with E-state index >= 15 is 0 Å². The average molecular weight is 571 g/mol. The van der Waals surface area contributed by atoms with Gasteiger partial charge >= 0.3 is 5.97 Å². The zero-order valence-corrected chi connectivity index (χ0v) is 24.2. The van der Waals surface area contributed by atoms with Gasteiger partial charge in [0.25, 0.3) is 0 Å². The molecule has 38 heavy (non-hydrogen) atoms. The van der Waals surface area contributed by atoms with Gasteiger partial charge in [-0.2, -0.15) is 4.31 Å². The Hall–Kier alpha value is -2.28. The Morgan fingerprint density at radius 3 is 2.39 bits per heavy atom. The van der Waals surface area contributed by atoms with E-state index < -0.39 is 42.9 Å². The van der Waals surface area contributed by atoms with Crippen LogP contribution in [0, 0.1) is 25.7 Å². The van der Waals surface area contributed by atoms with Crippen LogP contribution in [0.3, 0.4) is 0 Å². The van der Waals surface area contributed by atoms with Crippen LogP contribution in [0.2, 0.25) is 0 Å². The molecule has 12 heteroatoms. The fourth-order valence-corrected chi connectivity index (χ4v) is 8.69. The van der Waals surface area contributed by atoms with E-state index in [4.69, 9.17) is 9.15 Å². The molecule has 1 saturated carbocycles. The van der Waals surface area contributed by atoms with Gasteiger partial charge in [-0.15, -0.1) is 0 Å². The third kappa shape index (κ3) is 8.11. The molecule has 0 aliphatic heterocycles. The number of aryl methyl sites for hydroxylation is 2. The van der Waals surface area contributed by atoms with Crippen LogP contribution in [-0.2, 0) is 36.0 Å². The number of sulfonamides is 1. The van der Waals surface area contributed by atoms with Crippen molar-refractivity contribution in [2.45, 2.75) is 72.1 Å². The Morgan fingerprint density at radius 2 is 1.82 bits per heavy atom. The van der Waals surface area contributed by atoms with E-state index in [1.807, 2.05) is 38.1 Å². The molecular formula is C26H38N2O8S2. The van der Waals surface area contributed by atoms with Crippen molar-refractivity contribution in [3.8, 4) is 11.5 Å². The highest BCUT2D eigenvalue weighted by atomic mass is 32.3. The molecule has 0 amide bonds. The summed E-state index contributed by atoms with van der Waals surface area (Å²) < 4.78 is 62.7.